The van der Waals surface area contributed by atoms with Gasteiger partial charge in [-0.25, -0.2) is 0 Å². The minimum Gasteiger partial charge on any atom is -0.395 e. The monoisotopic (exact) mass is 274 g/mol. The zero-order valence-electron chi connectivity index (χ0n) is 12.2. The second-order valence-corrected chi connectivity index (χ2v) is 4.78. The largest absolute Gasteiger partial charge is 0.395 e. The molecule has 0 fully saturated rings. The molecule has 1 N–H and O–H groups in total. The highest BCUT2D eigenvalue weighted by atomic mass is 16.3. The van der Waals surface area contributed by atoms with Gasteiger partial charge in [0.05, 0.1) is 24.8 Å². The minimum absolute atomic E-state index is 0.0230. The molecule has 1 aromatic carbocycles. The summed E-state index contributed by atoms with van der Waals surface area (Å²) in [4.78, 5) is 14.3. The van der Waals surface area contributed by atoms with Gasteiger partial charge in [-0.3, -0.25) is 9.69 Å². The van der Waals surface area contributed by atoms with Gasteiger partial charge in [0.25, 0.3) is 0 Å². The molecule has 0 aliphatic rings. The number of Topliss-reactive ketones (excluding diaryl/α,β-unsaturated/α-hetero) is 1. The molecule has 0 heterocycles. The van der Waals surface area contributed by atoms with Crippen molar-refractivity contribution in [2.24, 2.45) is 0 Å². The van der Waals surface area contributed by atoms with Gasteiger partial charge in [0.15, 0.2) is 5.78 Å². The molecule has 0 unspecified atom stereocenters. The summed E-state index contributed by atoms with van der Waals surface area (Å²) in [6.45, 7) is 5.04. The zero-order valence-corrected chi connectivity index (χ0v) is 12.2. The number of nitriles is 1. The Bertz CT molecular complexity index is 458. The van der Waals surface area contributed by atoms with E-state index in [2.05, 4.69) is 13.8 Å². The maximum Gasteiger partial charge on any atom is 0.176 e. The molecule has 0 spiro atoms. The van der Waals surface area contributed by atoms with Crippen LogP contribution in [0.3, 0.4) is 0 Å². The van der Waals surface area contributed by atoms with E-state index in [1.54, 1.807) is 24.3 Å². The summed E-state index contributed by atoms with van der Waals surface area (Å²) in [5, 5.41) is 17.9. The van der Waals surface area contributed by atoms with Crippen LogP contribution in [0.2, 0.25) is 0 Å². The zero-order chi connectivity index (χ0) is 15.0. The Hall–Kier alpha value is -1.70. The highest BCUT2D eigenvalue weighted by Gasteiger charge is 2.18. The van der Waals surface area contributed by atoms with Gasteiger partial charge in [0.2, 0.25) is 0 Å². The molecule has 0 saturated carbocycles. The molecule has 1 aromatic rings. The predicted molar refractivity (Wildman–Crippen MR) is 78.5 cm³/mol. The van der Waals surface area contributed by atoms with Gasteiger partial charge >= 0.3 is 0 Å². The highest BCUT2D eigenvalue weighted by Crippen LogP contribution is 2.11. The van der Waals surface area contributed by atoms with Crippen LogP contribution in [0.5, 0.6) is 0 Å². The summed E-state index contributed by atoms with van der Waals surface area (Å²) in [6.07, 6.45) is 1.91. The summed E-state index contributed by atoms with van der Waals surface area (Å²) >= 11 is 0. The van der Waals surface area contributed by atoms with E-state index in [0.29, 0.717) is 30.3 Å². The first-order valence-electron chi connectivity index (χ1n) is 7.04. The summed E-state index contributed by atoms with van der Waals surface area (Å²) in [7, 11) is 0. The van der Waals surface area contributed by atoms with Crippen molar-refractivity contribution in [2.75, 3.05) is 19.7 Å². The molecule has 4 heteroatoms. The van der Waals surface area contributed by atoms with Crippen LogP contribution in [0.1, 0.15) is 42.6 Å². The van der Waals surface area contributed by atoms with Crippen molar-refractivity contribution >= 4 is 5.78 Å². The van der Waals surface area contributed by atoms with Gasteiger partial charge in [0, 0.05) is 18.2 Å². The van der Waals surface area contributed by atoms with Crippen LogP contribution in [0, 0.1) is 11.3 Å². The molecule has 108 valence electrons. The Labute approximate surface area is 120 Å². The Morgan fingerprint density at radius 1 is 1.30 bits per heavy atom. The SMILES string of the molecule is CCC(CC)N(CCO)CC(=O)c1ccc(C#N)cc1. The average Bonchev–Trinajstić information content (AvgIpc) is 2.48. The molecule has 20 heavy (non-hydrogen) atoms. The van der Waals surface area contributed by atoms with Crippen molar-refractivity contribution in [1.82, 2.24) is 4.90 Å². The predicted octanol–water partition coefficient (Wildman–Crippen LogP) is 2.22. The maximum atomic E-state index is 12.3. The minimum atomic E-state index is 0.0230. The van der Waals surface area contributed by atoms with Crippen LogP contribution in [-0.4, -0.2) is 41.5 Å². The topological polar surface area (TPSA) is 64.3 Å². The Morgan fingerprint density at radius 3 is 2.35 bits per heavy atom. The van der Waals surface area contributed by atoms with Crippen LogP contribution in [0.4, 0.5) is 0 Å². The summed E-state index contributed by atoms with van der Waals surface area (Å²) in [6, 6.07) is 9.02. The van der Waals surface area contributed by atoms with Crippen LogP contribution < -0.4 is 0 Å². The molecule has 1 rings (SSSR count). The molecule has 0 aliphatic heterocycles. The molecule has 0 radical (unpaired) electrons. The maximum absolute atomic E-state index is 12.3. The second kappa shape index (κ2) is 8.47. The van der Waals surface area contributed by atoms with E-state index in [-0.39, 0.29) is 12.4 Å². The summed E-state index contributed by atoms with van der Waals surface area (Å²) in [5.41, 5.74) is 1.16. The molecule has 0 atom stereocenters. The third kappa shape index (κ3) is 4.44. The lowest BCUT2D eigenvalue weighted by Gasteiger charge is -2.29. The number of carbonyl (C=O) groups is 1. The fourth-order valence-electron chi connectivity index (χ4n) is 2.33. The van der Waals surface area contributed by atoms with E-state index >= 15 is 0 Å². The number of carbonyl (C=O) groups excluding carboxylic acids is 1. The van der Waals surface area contributed by atoms with Crippen molar-refractivity contribution in [3.8, 4) is 6.07 Å². The number of benzene rings is 1. The molecule has 0 bridgehead atoms. The molecule has 0 amide bonds. The number of hydrogen-bond acceptors (Lipinski definition) is 4. The normalized spacial score (nSPS) is 10.8. The average molecular weight is 274 g/mol. The fourth-order valence-corrected chi connectivity index (χ4v) is 2.33. The molecular weight excluding hydrogens is 252 g/mol. The van der Waals surface area contributed by atoms with Crippen LogP contribution in [0.15, 0.2) is 24.3 Å². The van der Waals surface area contributed by atoms with Crippen molar-refractivity contribution in [2.45, 2.75) is 32.7 Å². The van der Waals surface area contributed by atoms with Crippen molar-refractivity contribution in [3.05, 3.63) is 35.4 Å². The third-order valence-electron chi connectivity index (χ3n) is 3.53. The van der Waals surface area contributed by atoms with Crippen LogP contribution in [0.25, 0.3) is 0 Å². The van der Waals surface area contributed by atoms with E-state index < -0.39 is 0 Å². The number of rotatable bonds is 8. The van der Waals surface area contributed by atoms with E-state index in [1.807, 2.05) is 11.0 Å². The number of hydrogen-bond donors (Lipinski definition) is 1. The number of ketones is 1. The van der Waals surface area contributed by atoms with Crippen molar-refractivity contribution in [3.63, 3.8) is 0 Å². The first kappa shape index (κ1) is 16.4. The van der Waals surface area contributed by atoms with E-state index in [1.165, 1.54) is 0 Å². The van der Waals surface area contributed by atoms with Gasteiger partial charge in [-0.1, -0.05) is 26.0 Å². The molecule has 0 saturated heterocycles. The van der Waals surface area contributed by atoms with Crippen molar-refractivity contribution < 1.29 is 9.90 Å². The van der Waals surface area contributed by atoms with Crippen LogP contribution >= 0.6 is 0 Å². The van der Waals surface area contributed by atoms with Gasteiger partial charge in [0.1, 0.15) is 0 Å². The first-order valence-corrected chi connectivity index (χ1v) is 7.04. The Morgan fingerprint density at radius 2 is 1.90 bits per heavy atom. The smallest absolute Gasteiger partial charge is 0.176 e. The fraction of sp³-hybridized carbons (Fsp3) is 0.500. The molecule has 0 aliphatic carbocycles. The van der Waals surface area contributed by atoms with Crippen LogP contribution in [-0.2, 0) is 0 Å². The first-order chi connectivity index (χ1) is 9.65. The lowest BCUT2D eigenvalue weighted by Crippen LogP contribution is -2.40. The quantitative estimate of drug-likeness (QED) is 0.738. The number of nitrogens with zero attached hydrogens (tertiary/aromatic N) is 2. The van der Waals surface area contributed by atoms with E-state index in [0.717, 1.165) is 12.8 Å². The summed E-state index contributed by atoms with van der Waals surface area (Å²) in [5.74, 6) is 0.0230. The second-order valence-electron chi connectivity index (χ2n) is 4.78. The summed E-state index contributed by atoms with van der Waals surface area (Å²) < 4.78 is 0. The van der Waals surface area contributed by atoms with Gasteiger partial charge in [-0.05, 0) is 25.0 Å². The number of aliphatic hydroxyl groups excluding tert-OH is 1. The lowest BCUT2D eigenvalue weighted by atomic mass is 10.1. The molecule has 0 aromatic heterocycles. The Kier molecular flexibility index (Phi) is 6.92. The molecule has 4 nitrogen and oxygen atoms in total. The van der Waals surface area contributed by atoms with Gasteiger partial charge < -0.3 is 5.11 Å². The van der Waals surface area contributed by atoms with E-state index in [9.17, 15) is 4.79 Å². The van der Waals surface area contributed by atoms with Gasteiger partial charge in [-0.15, -0.1) is 0 Å². The van der Waals surface area contributed by atoms with Crippen molar-refractivity contribution in [1.29, 1.82) is 5.26 Å². The van der Waals surface area contributed by atoms with Gasteiger partial charge in [-0.2, -0.15) is 5.26 Å². The highest BCUT2D eigenvalue weighted by molar-refractivity contribution is 5.97. The third-order valence-corrected chi connectivity index (χ3v) is 3.53. The Balaban J connectivity index is 2.76. The lowest BCUT2D eigenvalue weighted by molar-refractivity contribution is 0.0850. The van der Waals surface area contributed by atoms with E-state index in [4.69, 9.17) is 10.4 Å². The standard InChI is InChI=1S/C16H22N2O2/c1-3-15(4-2)18(9-10-19)12-16(20)14-7-5-13(11-17)6-8-14/h5-8,15,19H,3-4,9-10,12H2,1-2H3. The molecular formula is C16H22N2O2. The number of aliphatic hydroxyl groups is 1.